The van der Waals surface area contributed by atoms with Gasteiger partial charge in [0.2, 0.25) is 0 Å². The molecule has 4 rings (SSSR count). The van der Waals surface area contributed by atoms with Gasteiger partial charge in [-0.2, -0.15) is 0 Å². The van der Waals surface area contributed by atoms with Gasteiger partial charge in [-0.25, -0.2) is 9.97 Å². The van der Waals surface area contributed by atoms with E-state index in [2.05, 4.69) is 75.4 Å². The molecule has 0 bridgehead atoms. The third kappa shape index (κ3) is 2.28. The zero-order chi connectivity index (χ0) is 16.0. The normalized spacial score (nSPS) is 12.5. The maximum atomic E-state index is 4.62. The van der Waals surface area contributed by atoms with Gasteiger partial charge in [-0.3, -0.25) is 0 Å². The molecular weight excluding hydrogens is 300 g/mol. The number of nitrogens with zero attached hydrogens (tertiary/aromatic N) is 4. The molecule has 0 saturated heterocycles. The topological polar surface area (TPSA) is 35.6 Å². The highest BCUT2D eigenvalue weighted by molar-refractivity contribution is 6.76. The molecule has 4 heterocycles. The predicted octanol–water partition coefficient (Wildman–Crippen LogP) is 4.31. The summed E-state index contributed by atoms with van der Waals surface area (Å²) in [7, 11) is -1.58. The van der Waals surface area contributed by atoms with Crippen molar-refractivity contribution in [1.29, 1.82) is 0 Å². The molecule has 0 atom stereocenters. The number of aromatic nitrogens is 4. The van der Waals surface area contributed by atoms with Gasteiger partial charge < -0.3 is 9.13 Å². The lowest BCUT2D eigenvalue weighted by Crippen LogP contribution is -2.39. The van der Waals surface area contributed by atoms with Gasteiger partial charge in [0.15, 0.2) is 0 Å². The Bertz CT molecular complexity index is 903. The van der Waals surface area contributed by atoms with Gasteiger partial charge >= 0.3 is 0 Å². The van der Waals surface area contributed by atoms with E-state index in [1.165, 1.54) is 10.8 Å². The molecule has 5 heteroatoms. The lowest BCUT2D eigenvalue weighted by molar-refractivity contribution is 0.580. The molecule has 0 aliphatic carbocycles. The summed E-state index contributed by atoms with van der Waals surface area (Å²) in [4.78, 5) is 9.23. The Kier molecular flexibility index (Phi) is 3.13. The third-order valence-electron chi connectivity index (χ3n) is 4.25. The minimum atomic E-state index is -1.58. The van der Waals surface area contributed by atoms with Crippen LogP contribution in [0.3, 0.4) is 0 Å². The first-order valence-corrected chi connectivity index (χ1v) is 11.5. The van der Waals surface area contributed by atoms with Crippen LogP contribution < -0.4 is 0 Å². The maximum Gasteiger partial charge on any atom is 0.141 e. The zero-order valence-electron chi connectivity index (χ0n) is 13.6. The summed E-state index contributed by atoms with van der Waals surface area (Å²) in [6.45, 7) is 7.17. The van der Waals surface area contributed by atoms with Crippen molar-refractivity contribution >= 4 is 30.1 Å². The zero-order valence-corrected chi connectivity index (χ0v) is 14.6. The van der Waals surface area contributed by atoms with Crippen molar-refractivity contribution in [2.75, 3.05) is 0 Å². The monoisotopic (exact) mass is 320 g/mol. The van der Waals surface area contributed by atoms with E-state index in [1.54, 1.807) is 0 Å². The molecule has 0 radical (unpaired) electrons. The van der Waals surface area contributed by atoms with Crippen LogP contribution in [0.25, 0.3) is 22.1 Å². The average molecular weight is 320 g/mol. The van der Waals surface area contributed by atoms with Crippen LogP contribution in [0.2, 0.25) is 19.6 Å². The van der Waals surface area contributed by atoms with Crippen molar-refractivity contribution in [3.8, 4) is 0 Å². The first-order valence-electron chi connectivity index (χ1n) is 7.89. The molecule has 4 aromatic heterocycles. The largest absolute Gasteiger partial charge is 0.314 e. The maximum absolute atomic E-state index is 4.62. The molecule has 0 unspecified atom stereocenters. The lowest BCUT2D eigenvalue weighted by atomic mass is 10.3. The molecule has 0 aromatic carbocycles. The Balaban J connectivity index is 1.99. The fourth-order valence-corrected chi connectivity index (χ4v) is 5.42. The van der Waals surface area contributed by atoms with Gasteiger partial charge in [0.25, 0.3) is 0 Å². The van der Waals surface area contributed by atoms with Gasteiger partial charge in [0.05, 0.1) is 13.9 Å². The van der Waals surface area contributed by atoms with Gasteiger partial charge in [-0.1, -0.05) is 19.6 Å². The van der Waals surface area contributed by atoms with E-state index < -0.39 is 8.07 Å². The molecule has 4 nitrogen and oxygen atoms in total. The summed E-state index contributed by atoms with van der Waals surface area (Å²) in [6, 6.07) is 12.5. The van der Waals surface area contributed by atoms with E-state index in [0.29, 0.717) is 0 Å². The molecule has 116 valence electrons. The number of fused-ring (bicyclic) bond motifs is 2. The fraction of sp³-hybridized carbons (Fsp3) is 0.222. The second kappa shape index (κ2) is 5.06. The van der Waals surface area contributed by atoms with Crippen LogP contribution in [0.5, 0.6) is 0 Å². The van der Waals surface area contributed by atoms with Crippen molar-refractivity contribution in [2.45, 2.75) is 25.4 Å². The lowest BCUT2D eigenvalue weighted by Gasteiger charge is -2.32. The third-order valence-corrected chi connectivity index (χ3v) is 6.36. The minimum Gasteiger partial charge on any atom is -0.314 e. The number of hydrogen-bond donors (Lipinski definition) is 0. The van der Waals surface area contributed by atoms with Crippen LogP contribution in [0.15, 0.2) is 61.2 Å². The quantitative estimate of drug-likeness (QED) is 0.527. The Morgan fingerprint density at radius 1 is 0.783 bits per heavy atom. The van der Waals surface area contributed by atoms with Crippen LogP contribution in [-0.4, -0.2) is 27.2 Å². The first kappa shape index (κ1) is 14.2. The molecule has 0 aliphatic heterocycles. The Morgan fingerprint density at radius 3 is 1.70 bits per heavy atom. The summed E-state index contributed by atoms with van der Waals surface area (Å²) >= 11 is 0. The van der Waals surface area contributed by atoms with E-state index in [-0.39, 0.29) is 5.79 Å². The van der Waals surface area contributed by atoms with Crippen LogP contribution in [0.1, 0.15) is 5.79 Å². The van der Waals surface area contributed by atoms with E-state index in [1.807, 2.05) is 24.5 Å². The molecule has 0 spiro atoms. The highest BCUT2D eigenvalue weighted by Gasteiger charge is 2.32. The van der Waals surface area contributed by atoms with Crippen molar-refractivity contribution in [2.24, 2.45) is 0 Å². The van der Waals surface area contributed by atoms with Crippen LogP contribution >= 0.6 is 0 Å². The Hall–Kier alpha value is -2.40. The SMILES string of the molecule is C[Si](C)(C)C(n1ccc2cccnc21)n1ccc2cccnc21. The molecular formula is C18H20N4Si. The molecule has 0 saturated carbocycles. The standard InChI is InChI=1S/C18H20N4Si/c1-23(2,3)18(21-12-8-14-6-4-10-19-16(14)21)22-13-9-15-7-5-11-20-17(15)22/h4-13,18H,1-3H3. The first-order chi connectivity index (χ1) is 11.1. The summed E-state index contributed by atoms with van der Waals surface area (Å²) in [5.74, 6) is 0.238. The van der Waals surface area contributed by atoms with Gasteiger partial charge in [0.1, 0.15) is 11.3 Å². The van der Waals surface area contributed by atoms with Gasteiger partial charge in [0, 0.05) is 35.6 Å². The van der Waals surface area contributed by atoms with E-state index in [4.69, 9.17) is 0 Å². The fourth-order valence-electron chi connectivity index (χ4n) is 3.34. The van der Waals surface area contributed by atoms with Crippen LogP contribution in [0.4, 0.5) is 0 Å². The molecule has 0 aliphatic rings. The Morgan fingerprint density at radius 2 is 1.26 bits per heavy atom. The minimum absolute atomic E-state index is 0.238. The summed E-state index contributed by atoms with van der Waals surface area (Å²) in [6.07, 6.45) is 8.06. The van der Waals surface area contributed by atoms with Crippen molar-refractivity contribution in [1.82, 2.24) is 19.1 Å². The van der Waals surface area contributed by atoms with Gasteiger partial charge in [-0.15, -0.1) is 0 Å². The highest BCUT2D eigenvalue weighted by Crippen LogP contribution is 2.30. The van der Waals surface area contributed by atoms with E-state index >= 15 is 0 Å². The van der Waals surface area contributed by atoms with Crippen molar-refractivity contribution in [3.05, 3.63) is 61.2 Å². The number of hydrogen-bond acceptors (Lipinski definition) is 2. The molecule has 0 amide bonds. The molecule has 23 heavy (non-hydrogen) atoms. The van der Waals surface area contributed by atoms with Gasteiger partial charge in [-0.05, 0) is 36.4 Å². The van der Waals surface area contributed by atoms with Crippen LogP contribution in [-0.2, 0) is 0 Å². The summed E-state index contributed by atoms with van der Waals surface area (Å²) in [5, 5.41) is 2.36. The van der Waals surface area contributed by atoms with E-state index in [9.17, 15) is 0 Å². The highest BCUT2D eigenvalue weighted by atomic mass is 28.3. The average Bonchev–Trinajstić information content (AvgIpc) is 3.12. The van der Waals surface area contributed by atoms with E-state index in [0.717, 1.165) is 11.3 Å². The Labute approximate surface area is 136 Å². The second-order valence-corrected chi connectivity index (χ2v) is 12.3. The smallest absolute Gasteiger partial charge is 0.141 e. The molecule has 0 N–H and O–H groups in total. The summed E-state index contributed by atoms with van der Waals surface area (Å²) in [5.41, 5.74) is 2.08. The molecule has 4 aromatic rings. The predicted molar refractivity (Wildman–Crippen MR) is 97.2 cm³/mol. The van der Waals surface area contributed by atoms with Crippen molar-refractivity contribution in [3.63, 3.8) is 0 Å². The second-order valence-electron chi connectivity index (χ2n) is 7.02. The van der Waals surface area contributed by atoms with Crippen molar-refractivity contribution < 1.29 is 0 Å². The number of rotatable bonds is 3. The number of pyridine rings is 2. The molecule has 0 fully saturated rings. The summed E-state index contributed by atoms with van der Waals surface area (Å²) < 4.78 is 4.63. The van der Waals surface area contributed by atoms with Crippen LogP contribution in [0, 0.1) is 0 Å².